The van der Waals surface area contributed by atoms with Crippen molar-refractivity contribution in [2.45, 2.75) is 13.3 Å². The number of hydrogen-bond acceptors (Lipinski definition) is 4. The normalized spacial score (nSPS) is 9.56. The maximum Gasteiger partial charge on any atom is 0.197 e. The molecule has 0 radical (unpaired) electrons. The van der Waals surface area contributed by atoms with E-state index in [0.29, 0.717) is 0 Å². The van der Waals surface area contributed by atoms with Crippen molar-refractivity contribution in [1.82, 2.24) is 4.98 Å². The number of hydrazine groups is 1. The van der Waals surface area contributed by atoms with Crippen LogP contribution in [0, 0.1) is 0 Å². The number of nitrogen functional groups attached to an aromatic ring is 1. The number of aromatic nitrogens is 1. The van der Waals surface area contributed by atoms with Gasteiger partial charge in [0.1, 0.15) is 0 Å². The lowest BCUT2D eigenvalue weighted by Gasteiger charge is -1.87. The molecule has 1 rings (SSSR count). The van der Waals surface area contributed by atoms with Crippen LogP contribution in [0.1, 0.15) is 12.6 Å². The first-order valence-corrected chi connectivity index (χ1v) is 3.65. The maximum absolute atomic E-state index is 5.12. The van der Waals surface area contributed by atoms with Crippen LogP contribution in [-0.2, 0) is 6.42 Å². The standard InChI is InChI=1S/C5H9N3S/c1-2-4-3-9-5(7-4)8-6/h3H,2,6H2,1H3,(H,7,8). The van der Waals surface area contributed by atoms with Gasteiger partial charge < -0.3 is 0 Å². The molecule has 1 aromatic rings. The highest BCUT2D eigenvalue weighted by atomic mass is 32.1. The van der Waals surface area contributed by atoms with Gasteiger partial charge in [0, 0.05) is 5.38 Å². The molecule has 3 nitrogen and oxygen atoms in total. The molecule has 0 fully saturated rings. The fourth-order valence-electron chi connectivity index (χ4n) is 0.536. The Morgan fingerprint density at radius 2 is 2.67 bits per heavy atom. The number of thiazole rings is 1. The first kappa shape index (κ1) is 6.51. The topological polar surface area (TPSA) is 50.9 Å². The second-order valence-electron chi connectivity index (χ2n) is 1.64. The van der Waals surface area contributed by atoms with Crippen molar-refractivity contribution in [3.63, 3.8) is 0 Å². The third-order valence-corrected chi connectivity index (χ3v) is 1.86. The van der Waals surface area contributed by atoms with E-state index in [4.69, 9.17) is 5.84 Å². The van der Waals surface area contributed by atoms with Gasteiger partial charge in [-0.3, -0.25) is 5.43 Å². The van der Waals surface area contributed by atoms with Crippen LogP contribution in [0.2, 0.25) is 0 Å². The van der Waals surface area contributed by atoms with E-state index in [1.165, 1.54) is 11.3 Å². The fourth-order valence-corrected chi connectivity index (χ4v) is 1.24. The van der Waals surface area contributed by atoms with Gasteiger partial charge in [-0.05, 0) is 6.42 Å². The monoisotopic (exact) mass is 143 g/mol. The number of nitrogens with zero attached hydrogens (tertiary/aromatic N) is 1. The third kappa shape index (κ3) is 1.40. The highest BCUT2D eigenvalue weighted by Crippen LogP contribution is 2.13. The average Bonchev–Trinajstić information content (AvgIpc) is 2.34. The minimum absolute atomic E-state index is 0.784. The summed E-state index contributed by atoms with van der Waals surface area (Å²) in [7, 11) is 0. The first-order valence-electron chi connectivity index (χ1n) is 2.78. The molecule has 1 aromatic heterocycles. The van der Waals surface area contributed by atoms with E-state index in [1.807, 2.05) is 5.38 Å². The average molecular weight is 143 g/mol. The minimum atomic E-state index is 0.784. The summed E-state index contributed by atoms with van der Waals surface area (Å²) in [5.41, 5.74) is 3.58. The molecule has 0 unspecified atom stereocenters. The number of nitrogens with one attached hydrogen (secondary N) is 1. The molecule has 0 aromatic carbocycles. The Bertz CT molecular complexity index is 166. The van der Waals surface area contributed by atoms with E-state index < -0.39 is 0 Å². The fraction of sp³-hybridized carbons (Fsp3) is 0.400. The summed E-state index contributed by atoms with van der Waals surface area (Å²) in [6.07, 6.45) is 0.970. The van der Waals surface area contributed by atoms with Gasteiger partial charge in [0.05, 0.1) is 5.69 Å². The van der Waals surface area contributed by atoms with Crippen LogP contribution in [0.25, 0.3) is 0 Å². The van der Waals surface area contributed by atoms with Crippen LogP contribution in [0.5, 0.6) is 0 Å². The summed E-state index contributed by atoms with van der Waals surface area (Å²) >= 11 is 1.53. The molecule has 0 saturated heterocycles. The number of anilines is 1. The number of hydrogen-bond donors (Lipinski definition) is 2. The van der Waals surface area contributed by atoms with Crippen molar-refractivity contribution in [2.24, 2.45) is 5.84 Å². The Hall–Kier alpha value is -0.610. The molecule has 0 aliphatic heterocycles. The van der Waals surface area contributed by atoms with E-state index in [1.54, 1.807) is 0 Å². The maximum atomic E-state index is 5.12. The van der Waals surface area contributed by atoms with Crippen molar-refractivity contribution in [3.05, 3.63) is 11.1 Å². The summed E-state index contributed by atoms with van der Waals surface area (Å²) in [5.74, 6) is 5.12. The van der Waals surface area contributed by atoms with Crippen LogP contribution in [0.4, 0.5) is 5.13 Å². The van der Waals surface area contributed by atoms with Gasteiger partial charge in [-0.25, -0.2) is 10.8 Å². The summed E-state index contributed by atoms with van der Waals surface area (Å²) in [6.45, 7) is 2.06. The molecule has 0 saturated carbocycles. The summed E-state index contributed by atoms with van der Waals surface area (Å²) in [6, 6.07) is 0. The van der Waals surface area contributed by atoms with Gasteiger partial charge in [0.25, 0.3) is 0 Å². The molecule has 0 spiro atoms. The molecule has 0 aliphatic carbocycles. The quantitative estimate of drug-likeness (QED) is 0.479. The SMILES string of the molecule is CCc1csc(NN)n1. The van der Waals surface area contributed by atoms with E-state index >= 15 is 0 Å². The summed E-state index contributed by atoms with van der Waals surface area (Å²) in [4.78, 5) is 4.13. The van der Waals surface area contributed by atoms with Crippen LogP contribution >= 0.6 is 11.3 Å². The van der Waals surface area contributed by atoms with Crippen LogP contribution < -0.4 is 11.3 Å². The molecule has 1 heterocycles. The lowest BCUT2D eigenvalue weighted by atomic mass is 10.4. The largest absolute Gasteiger partial charge is 0.300 e. The van der Waals surface area contributed by atoms with Gasteiger partial charge in [-0.15, -0.1) is 11.3 Å². The van der Waals surface area contributed by atoms with Crippen molar-refractivity contribution in [2.75, 3.05) is 5.43 Å². The number of nitrogens with two attached hydrogens (primary N) is 1. The molecule has 0 atom stereocenters. The Kier molecular flexibility index (Phi) is 2.02. The second-order valence-corrected chi connectivity index (χ2v) is 2.50. The van der Waals surface area contributed by atoms with Gasteiger partial charge in [0.15, 0.2) is 5.13 Å². The lowest BCUT2D eigenvalue weighted by molar-refractivity contribution is 1.06. The lowest BCUT2D eigenvalue weighted by Crippen LogP contribution is -2.05. The Morgan fingerprint density at radius 3 is 3.00 bits per heavy atom. The molecular formula is C5H9N3S. The van der Waals surface area contributed by atoms with Gasteiger partial charge in [0.2, 0.25) is 0 Å². The molecule has 4 heteroatoms. The van der Waals surface area contributed by atoms with Crippen LogP contribution in [0.15, 0.2) is 5.38 Å². The zero-order valence-corrected chi connectivity index (χ0v) is 6.03. The van der Waals surface area contributed by atoms with Crippen LogP contribution in [0.3, 0.4) is 0 Å². The van der Waals surface area contributed by atoms with Crippen LogP contribution in [-0.4, -0.2) is 4.98 Å². The highest BCUT2D eigenvalue weighted by molar-refractivity contribution is 7.13. The van der Waals surface area contributed by atoms with E-state index in [-0.39, 0.29) is 0 Å². The van der Waals surface area contributed by atoms with Gasteiger partial charge in [-0.2, -0.15) is 0 Å². The molecule has 0 amide bonds. The Morgan fingerprint density at radius 1 is 1.89 bits per heavy atom. The van der Waals surface area contributed by atoms with E-state index in [2.05, 4.69) is 17.3 Å². The van der Waals surface area contributed by atoms with E-state index in [0.717, 1.165) is 17.2 Å². The first-order chi connectivity index (χ1) is 4.36. The number of aryl methyl sites for hydroxylation is 1. The Balaban J connectivity index is 2.74. The molecule has 0 aliphatic rings. The van der Waals surface area contributed by atoms with Gasteiger partial charge in [-0.1, -0.05) is 6.92 Å². The highest BCUT2D eigenvalue weighted by Gasteiger charge is 1.94. The molecule has 3 N–H and O–H groups in total. The zero-order chi connectivity index (χ0) is 6.69. The molecule has 0 bridgehead atoms. The third-order valence-electron chi connectivity index (χ3n) is 1.04. The smallest absolute Gasteiger partial charge is 0.197 e. The second kappa shape index (κ2) is 2.80. The van der Waals surface area contributed by atoms with Crippen molar-refractivity contribution in [1.29, 1.82) is 0 Å². The van der Waals surface area contributed by atoms with Crippen molar-refractivity contribution in [3.8, 4) is 0 Å². The number of rotatable bonds is 2. The summed E-state index contributed by atoms with van der Waals surface area (Å²) in [5, 5.41) is 2.78. The molecule has 50 valence electrons. The summed E-state index contributed by atoms with van der Waals surface area (Å²) < 4.78 is 0. The minimum Gasteiger partial charge on any atom is -0.300 e. The van der Waals surface area contributed by atoms with E-state index in [9.17, 15) is 0 Å². The molecule has 9 heavy (non-hydrogen) atoms. The van der Waals surface area contributed by atoms with Gasteiger partial charge >= 0.3 is 0 Å². The zero-order valence-electron chi connectivity index (χ0n) is 5.22. The van der Waals surface area contributed by atoms with Crippen molar-refractivity contribution >= 4 is 16.5 Å². The Labute approximate surface area is 57.9 Å². The predicted octanol–water partition coefficient (Wildman–Crippen LogP) is 0.991. The molecular weight excluding hydrogens is 134 g/mol. The predicted molar refractivity (Wildman–Crippen MR) is 39.3 cm³/mol. The van der Waals surface area contributed by atoms with Crippen molar-refractivity contribution < 1.29 is 0 Å².